The Labute approximate surface area is 274 Å². The molecule has 6 aromatic carbocycles. The quantitative estimate of drug-likeness (QED) is 0.196. The van der Waals surface area contributed by atoms with Gasteiger partial charge in [0.15, 0.2) is 17.5 Å². The van der Waals surface area contributed by atoms with Gasteiger partial charge in [-0.1, -0.05) is 129 Å². The summed E-state index contributed by atoms with van der Waals surface area (Å²) in [7, 11) is 0. The zero-order valence-electron chi connectivity index (χ0n) is 26.4. The van der Waals surface area contributed by atoms with Crippen molar-refractivity contribution < 1.29 is 0 Å². The number of para-hydroxylation sites is 1. The molecule has 0 bridgehead atoms. The molecule has 1 aliphatic carbocycles. The van der Waals surface area contributed by atoms with Gasteiger partial charge in [-0.3, -0.25) is 0 Å². The van der Waals surface area contributed by atoms with Crippen LogP contribution in [-0.4, -0.2) is 19.5 Å². The predicted octanol–water partition coefficient (Wildman–Crippen LogP) is 10.7. The normalized spacial score (nSPS) is 15.2. The molecule has 47 heavy (non-hydrogen) atoms. The Balaban J connectivity index is 1.26. The van der Waals surface area contributed by atoms with E-state index in [1.807, 2.05) is 60.7 Å². The Hall–Kier alpha value is -5.87. The summed E-state index contributed by atoms with van der Waals surface area (Å²) in [6, 6.07) is 51.4. The molecule has 0 radical (unpaired) electrons. The number of rotatable bonds is 5. The first-order chi connectivity index (χ1) is 23.1. The second kappa shape index (κ2) is 10.6. The van der Waals surface area contributed by atoms with Crippen molar-refractivity contribution in [1.82, 2.24) is 19.5 Å². The van der Waals surface area contributed by atoms with Crippen molar-refractivity contribution in [2.45, 2.75) is 25.7 Å². The van der Waals surface area contributed by atoms with Gasteiger partial charge in [-0.25, -0.2) is 15.0 Å². The van der Waals surface area contributed by atoms with E-state index in [0.717, 1.165) is 28.8 Å². The lowest BCUT2D eigenvalue weighted by Crippen LogP contribution is -2.19. The first kappa shape index (κ1) is 27.4. The van der Waals surface area contributed by atoms with E-state index in [2.05, 4.69) is 103 Å². The molecule has 1 atom stereocenters. The monoisotopic (exact) mass is 604 g/mol. The topological polar surface area (TPSA) is 43.6 Å². The van der Waals surface area contributed by atoms with Crippen LogP contribution in [0.4, 0.5) is 0 Å². The molecule has 4 heteroatoms. The summed E-state index contributed by atoms with van der Waals surface area (Å²) in [5, 5.41) is 2.51. The molecule has 0 aliphatic heterocycles. The molecule has 0 saturated carbocycles. The molecular weight excluding hydrogens is 573 g/mol. The van der Waals surface area contributed by atoms with Gasteiger partial charge in [0, 0.05) is 38.6 Å². The van der Waals surface area contributed by atoms with Crippen molar-refractivity contribution in [3.8, 4) is 51.0 Å². The average molecular weight is 605 g/mol. The van der Waals surface area contributed by atoms with Crippen LogP contribution < -0.4 is 0 Å². The Kier molecular flexibility index (Phi) is 6.19. The van der Waals surface area contributed by atoms with Crippen LogP contribution in [0.3, 0.4) is 0 Å². The summed E-state index contributed by atoms with van der Waals surface area (Å²) >= 11 is 0. The van der Waals surface area contributed by atoms with Crippen LogP contribution in [-0.2, 0) is 5.41 Å². The van der Waals surface area contributed by atoms with Crippen LogP contribution in [0, 0.1) is 0 Å². The standard InChI is InChI=1S/C43H32N4/c1-3-43(2)36-23-12-10-21-32(36)34-26-35-33-22-11-13-24-38(33)47(39(35)27-37(34)43)31-20-14-19-30(25-31)42-45-40(28-15-6-4-7-16-28)44-41(46-42)29-17-8-5-9-18-29/h4-27H,3H2,1-2H3. The number of aromatic nitrogens is 4. The minimum Gasteiger partial charge on any atom is -0.309 e. The number of fused-ring (bicyclic) bond motifs is 6. The van der Waals surface area contributed by atoms with Crippen LogP contribution in [0.1, 0.15) is 31.4 Å². The molecule has 0 spiro atoms. The summed E-state index contributed by atoms with van der Waals surface area (Å²) in [6.45, 7) is 4.70. The zero-order chi connectivity index (χ0) is 31.5. The summed E-state index contributed by atoms with van der Waals surface area (Å²) in [6.07, 6.45) is 1.03. The van der Waals surface area contributed by atoms with E-state index in [0.29, 0.717) is 17.5 Å². The molecule has 224 valence electrons. The maximum atomic E-state index is 5.02. The molecule has 8 aromatic rings. The first-order valence-corrected chi connectivity index (χ1v) is 16.3. The van der Waals surface area contributed by atoms with Crippen molar-refractivity contribution in [3.63, 3.8) is 0 Å². The van der Waals surface area contributed by atoms with Crippen LogP contribution in [0.5, 0.6) is 0 Å². The highest BCUT2D eigenvalue weighted by Crippen LogP contribution is 2.52. The minimum atomic E-state index is -0.0458. The molecule has 1 aliphatic rings. The molecule has 0 N–H and O–H groups in total. The molecule has 1 unspecified atom stereocenters. The van der Waals surface area contributed by atoms with Gasteiger partial charge in [0.05, 0.1) is 11.0 Å². The lowest BCUT2D eigenvalue weighted by Gasteiger charge is -2.25. The number of hydrogen-bond acceptors (Lipinski definition) is 3. The molecule has 0 saturated heterocycles. The zero-order valence-corrected chi connectivity index (χ0v) is 26.4. The molecule has 2 heterocycles. The minimum absolute atomic E-state index is 0.0458. The van der Waals surface area contributed by atoms with E-state index in [1.165, 1.54) is 44.1 Å². The smallest absolute Gasteiger partial charge is 0.164 e. The van der Waals surface area contributed by atoms with Crippen molar-refractivity contribution in [3.05, 3.63) is 157 Å². The summed E-state index contributed by atoms with van der Waals surface area (Å²) in [5.74, 6) is 1.96. The van der Waals surface area contributed by atoms with Gasteiger partial charge >= 0.3 is 0 Å². The molecule has 0 amide bonds. The number of benzene rings is 6. The second-order valence-electron chi connectivity index (χ2n) is 12.6. The van der Waals surface area contributed by atoms with E-state index >= 15 is 0 Å². The molecular formula is C43H32N4. The third-order valence-corrected chi connectivity index (χ3v) is 9.99. The van der Waals surface area contributed by atoms with E-state index in [1.54, 1.807) is 0 Å². The van der Waals surface area contributed by atoms with Gasteiger partial charge in [0.1, 0.15) is 0 Å². The summed E-state index contributed by atoms with van der Waals surface area (Å²) in [4.78, 5) is 14.9. The largest absolute Gasteiger partial charge is 0.309 e. The highest BCUT2D eigenvalue weighted by Gasteiger charge is 2.38. The Morgan fingerprint density at radius 3 is 1.79 bits per heavy atom. The fourth-order valence-corrected chi connectivity index (χ4v) is 7.42. The summed E-state index contributed by atoms with van der Waals surface area (Å²) < 4.78 is 2.41. The maximum Gasteiger partial charge on any atom is 0.164 e. The van der Waals surface area contributed by atoms with Gasteiger partial charge in [0.2, 0.25) is 0 Å². The van der Waals surface area contributed by atoms with Gasteiger partial charge in [-0.05, 0) is 59.0 Å². The predicted molar refractivity (Wildman–Crippen MR) is 193 cm³/mol. The highest BCUT2D eigenvalue weighted by atomic mass is 15.0. The maximum absolute atomic E-state index is 5.02. The van der Waals surface area contributed by atoms with Crippen molar-refractivity contribution in [2.24, 2.45) is 0 Å². The Morgan fingerprint density at radius 1 is 0.489 bits per heavy atom. The van der Waals surface area contributed by atoms with Crippen LogP contribution >= 0.6 is 0 Å². The lowest BCUT2D eigenvalue weighted by atomic mass is 9.78. The van der Waals surface area contributed by atoms with Crippen LogP contribution in [0.2, 0.25) is 0 Å². The Bertz CT molecular complexity index is 2400. The molecule has 2 aromatic heterocycles. The number of nitrogens with zero attached hydrogens (tertiary/aromatic N) is 4. The van der Waals surface area contributed by atoms with Gasteiger partial charge in [0.25, 0.3) is 0 Å². The second-order valence-corrected chi connectivity index (χ2v) is 12.6. The van der Waals surface area contributed by atoms with Crippen molar-refractivity contribution in [2.75, 3.05) is 0 Å². The van der Waals surface area contributed by atoms with Crippen LogP contribution in [0.25, 0.3) is 72.8 Å². The summed E-state index contributed by atoms with van der Waals surface area (Å²) in [5.41, 5.74) is 11.8. The third-order valence-electron chi connectivity index (χ3n) is 9.99. The Morgan fingerprint density at radius 2 is 1.09 bits per heavy atom. The van der Waals surface area contributed by atoms with E-state index in [-0.39, 0.29) is 5.41 Å². The van der Waals surface area contributed by atoms with E-state index in [4.69, 9.17) is 15.0 Å². The van der Waals surface area contributed by atoms with Crippen molar-refractivity contribution in [1.29, 1.82) is 0 Å². The van der Waals surface area contributed by atoms with Gasteiger partial charge in [-0.15, -0.1) is 0 Å². The average Bonchev–Trinajstić information content (AvgIpc) is 3.60. The van der Waals surface area contributed by atoms with E-state index in [9.17, 15) is 0 Å². The van der Waals surface area contributed by atoms with Crippen molar-refractivity contribution >= 4 is 21.8 Å². The SMILES string of the molecule is CCC1(C)c2ccccc2-c2cc3c4ccccc4n(-c4cccc(-c5nc(-c6ccccc6)nc(-c6ccccc6)n5)c4)c3cc21. The molecule has 4 nitrogen and oxygen atoms in total. The molecule has 9 rings (SSSR count). The number of hydrogen-bond donors (Lipinski definition) is 0. The fraction of sp³-hybridized carbons (Fsp3) is 0.0930. The van der Waals surface area contributed by atoms with Gasteiger partial charge in [-0.2, -0.15) is 0 Å². The first-order valence-electron chi connectivity index (χ1n) is 16.3. The highest BCUT2D eigenvalue weighted by molar-refractivity contribution is 6.11. The third kappa shape index (κ3) is 4.25. The molecule has 0 fully saturated rings. The van der Waals surface area contributed by atoms with Crippen LogP contribution in [0.15, 0.2) is 146 Å². The van der Waals surface area contributed by atoms with Gasteiger partial charge < -0.3 is 4.57 Å². The fourth-order valence-electron chi connectivity index (χ4n) is 7.42. The lowest BCUT2D eigenvalue weighted by molar-refractivity contribution is 0.565. The van der Waals surface area contributed by atoms with E-state index < -0.39 is 0 Å².